The second kappa shape index (κ2) is 2.78. The molecule has 4 nitrogen and oxygen atoms in total. The zero-order chi connectivity index (χ0) is 9.54. The van der Waals surface area contributed by atoms with Gasteiger partial charge in [0.15, 0.2) is 0 Å². The number of ether oxygens (including phenoxy) is 1. The van der Waals surface area contributed by atoms with E-state index >= 15 is 0 Å². The summed E-state index contributed by atoms with van der Waals surface area (Å²) in [6.07, 6.45) is 0.924. The average molecular weight is 208 g/mol. The molecule has 0 aliphatic carbocycles. The summed E-state index contributed by atoms with van der Waals surface area (Å²) < 4.78 is 5.41. The lowest BCUT2D eigenvalue weighted by atomic mass is 10.1. The molecule has 0 N–H and O–H groups in total. The van der Waals surface area contributed by atoms with Crippen molar-refractivity contribution < 1.29 is 4.74 Å². The number of aromatic nitrogens is 3. The Morgan fingerprint density at radius 1 is 1.21 bits per heavy atom. The van der Waals surface area contributed by atoms with Crippen LogP contribution in [-0.2, 0) is 6.42 Å². The fraction of sp³-hybridized carbons (Fsp3) is 0.222. The quantitative estimate of drug-likeness (QED) is 0.659. The highest BCUT2D eigenvalue weighted by atomic mass is 35.5. The first-order valence-corrected chi connectivity index (χ1v) is 4.66. The van der Waals surface area contributed by atoms with E-state index in [0.29, 0.717) is 0 Å². The fourth-order valence-corrected chi connectivity index (χ4v) is 1.72. The number of halogens is 1. The molecule has 3 rings (SSSR count). The van der Waals surface area contributed by atoms with Gasteiger partial charge in [-0.05, 0) is 23.2 Å². The Bertz CT molecular complexity index is 515. The summed E-state index contributed by atoms with van der Waals surface area (Å²) in [6.45, 7) is 0.729. The number of fused-ring (bicyclic) bond motifs is 2. The van der Waals surface area contributed by atoms with Crippen molar-refractivity contribution in [1.29, 1.82) is 0 Å². The molecule has 0 atom stereocenters. The van der Waals surface area contributed by atoms with Crippen molar-refractivity contribution in [2.75, 3.05) is 6.61 Å². The molecule has 1 aromatic carbocycles. The van der Waals surface area contributed by atoms with Gasteiger partial charge in [0.25, 0.3) is 0 Å². The maximum Gasteiger partial charge on any atom is 0.243 e. The van der Waals surface area contributed by atoms with Gasteiger partial charge >= 0.3 is 0 Å². The van der Waals surface area contributed by atoms with Gasteiger partial charge < -0.3 is 4.74 Å². The van der Waals surface area contributed by atoms with Crippen molar-refractivity contribution in [1.82, 2.24) is 15.2 Å². The van der Waals surface area contributed by atoms with Crippen LogP contribution in [0.4, 0.5) is 0 Å². The molecule has 0 radical (unpaired) electrons. The standard InChI is InChI=1S/C9H6ClN3O/c10-9-11-6-3-5-1-2-14-8(5)4-7(6)12-13-9/h3-4H,1-2H2. The minimum absolute atomic E-state index is 0.177. The minimum atomic E-state index is 0.177. The first kappa shape index (κ1) is 7.94. The van der Waals surface area contributed by atoms with E-state index < -0.39 is 0 Å². The Kier molecular flexibility index (Phi) is 1.58. The van der Waals surface area contributed by atoms with Gasteiger partial charge in [0.1, 0.15) is 11.3 Å². The summed E-state index contributed by atoms with van der Waals surface area (Å²) in [7, 11) is 0. The van der Waals surface area contributed by atoms with Crippen molar-refractivity contribution in [3.8, 4) is 5.75 Å². The summed E-state index contributed by atoms with van der Waals surface area (Å²) in [5.74, 6) is 0.885. The molecule has 14 heavy (non-hydrogen) atoms. The van der Waals surface area contributed by atoms with Gasteiger partial charge in [0.2, 0.25) is 5.28 Å². The molecule has 70 valence electrons. The third-order valence-corrected chi connectivity index (χ3v) is 2.40. The van der Waals surface area contributed by atoms with Crippen molar-refractivity contribution in [3.05, 3.63) is 23.0 Å². The van der Waals surface area contributed by atoms with Gasteiger partial charge in [-0.1, -0.05) is 0 Å². The van der Waals surface area contributed by atoms with Crippen LogP contribution in [-0.4, -0.2) is 21.8 Å². The Balaban J connectivity index is 2.33. The Labute approximate surface area is 84.9 Å². The fourth-order valence-electron chi connectivity index (χ4n) is 1.59. The van der Waals surface area contributed by atoms with Crippen LogP contribution < -0.4 is 4.74 Å². The minimum Gasteiger partial charge on any atom is -0.493 e. The Morgan fingerprint density at radius 2 is 2.14 bits per heavy atom. The largest absolute Gasteiger partial charge is 0.493 e. The lowest BCUT2D eigenvalue weighted by molar-refractivity contribution is 0.357. The molecule has 0 unspecified atom stereocenters. The van der Waals surface area contributed by atoms with Gasteiger partial charge in [-0.15, -0.1) is 10.2 Å². The van der Waals surface area contributed by atoms with E-state index in [1.165, 1.54) is 0 Å². The predicted molar refractivity (Wildman–Crippen MR) is 51.5 cm³/mol. The highest BCUT2D eigenvalue weighted by molar-refractivity contribution is 6.28. The smallest absolute Gasteiger partial charge is 0.243 e. The van der Waals surface area contributed by atoms with Crippen molar-refractivity contribution in [2.45, 2.75) is 6.42 Å². The van der Waals surface area contributed by atoms with E-state index in [1.807, 2.05) is 12.1 Å². The van der Waals surface area contributed by atoms with E-state index in [1.54, 1.807) is 0 Å². The molecular formula is C9H6ClN3O. The predicted octanol–water partition coefficient (Wildman–Crippen LogP) is 1.61. The van der Waals surface area contributed by atoms with Gasteiger partial charge in [0.05, 0.1) is 12.1 Å². The topological polar surface area (TPSA) is 47.9 Å². The zero-order valence-corrected chi connectivity index (χ0v) is 7.95. The molecule has 1 aromatic heterocycles. The van der Waals surface area contributed by atoms with E-state index in [4.69, 9.17) is 16.3 Å². The van der Waals surface area contributed by atoms with Crippen molar-refractivity contribution >= 4 is 22.6 Å². The molecule has 2 aromatic rings. The summed E-state index contributed by atoms with van der Waals surface area (Å²) in [4.78, 5) is 4.09. The molecular weight excluding hydrogens is 202 g/mol. The Morgan fingerprint density at radius 3 is 3.07 bits per heavy atom. The number of rotatable bonds is 0. The molecule has 1 aliphatic rings. The second-order valence-electron chi connectivity index (χ2n) is 3.13. The molecule has 0 amide bonds. The van der Waals surface area contributed by atoms with Crippen molar-refractivity contribution in [2.24, 2.45) is 0 Å². The normalized spacial score (nSPS) is 14.1. The number of hydrogen-bond acceptors (Lipinski definition) is 4. The summed E-state index contributed by atoms with van der Waals surface area (Å²) in [6, 6.07) is 3.81. The number of hydrogen-bond donors (Lipinski definition) is 0. The van der Waals surface area contributed by atoms with Gasteiger partial charge in [-0.3, -0.25) is 0 Å². The number of nitrogens with zero attached hydrogens (tertiary/aromatic N) is 3. The molecule has 0 fully saturated rings. The van der Waals surface area contributed by atoms with Crippen molar-refractivity contribution in [3.63, 3.8) is 0 Å². The van der Waals surface area contributed by atoms with Crippen LogP contribution in [0.2, 0.25) is 5.28 Å². The Hall–Kier alpha value is -1.42. The van der Waals surface area contributed by atoms with Crippen LogP contribution in [0.5, 0.6) is 5.75 Å². The monoisotopic (exact) mass is 207 g/mol. The third-order valence-electron chi connectivity index (χ3n) is 2.24. The van der Waals surface area contributed by atoms with E-state index in [-0.39, 0.29) is 5.28 Å². The molecule has 0 saturated carbocycles. The zero-order valence-electron chi connectivity index (χ0n) is 7.20. The molecule has 2 heterocycles. The lowest BCUT2D eigenvalue weighted by Crippen LogP contribution is -1.90. The van der Waals surface area contributed by atoms with E-state index in [2.05, 4.69) is 15.2 Å². The SMILES string of the molecule is Clc1nnc2cc3c(cc2n1)CCO3. The number of benzene rings is 1. The van der Waals surface area contributed by atoms with Gasteiger partial charge in [-0.25, -0.2) is 4.98 Å². The highest BCUT2D eigenvalue weighted by Crippen LogP contribution is 2.28. The molecule has 0 bridgehead atoms. The summed E-state index contributed by atoms with van der Waals surface area (Å²) >= 11 is 5.65. The summed E-state index contributed by atoms with van der Waals surface area (Å²) in [5.41, 5.74) is 2.65. The van der Waals surface area contributed by atoms with E-state index in [0.717, 1.165) is 35.4 Å². The van der Waals surface area contributed by atoms with Crippen LogP contribution >= 0.6 is 11.6 Å². The first-order chi connectivity index (χ1) is 6.83. The third kappa shape index (κ3) is 1.11. The molecule has 0 saturated heterocycles. The van der Waals surface area contributed by atoms with Gasteiger partial charge in [-0.2, -0.15) is 0 Å². The molecule has 1 aliphatic heterocycles. The average Bonchev–Trinajstić information content (AvgIpc) is 2.61. The first-order valence-electron chi connectivity index (χ1n) is 4.28. The molecule has 5 heteroatoms. The second-order valence-corrected chi connectivity index (χ2v) is 3.47. The molecule has 0 spiro atoms. The summed E-state index contributed by atoms with van der Waals surface area (Å²) in [5, 5.41) is 7.79. The maximum atomic E-state index is 5.65. The van der Waals surface area contributed by atoms with Crippen LogP contribution in [0.1, 0.15) is 5.56 Å². The van der Waals surface area contributed by atoms with Crippen LogP contribution in [0.3, 0.4) is 0 Å². The van der Waals surface area contributed by atoms with Gasteiger partial charge in [0, 0.05) is 12.5 Å². The van der Waals surface area contributed by atoms with E-state index in [9.17, 15) is 0 Å². The maximum absolute atomic E-state index is 5.65. The lowest BCUT2D eigenvalue weighted by Gasteiger charge is -2.00. The van der Waals surface area contributed by atoms with Crippen LogP contribution in [0.15, 0.2) is 12.1 Å². The van der Waals surface area contributed by atoms with Crippen LogP contribution in [0.25, 0.3) is 11.0 Å². The highest BCUT2D eigenvalue weighted by Gasteiger charge is 2.14. The van der Waals surface area contributed by atoms with Crippen LogP contribution in [0, 0.1) is 0 Å².